The van der Waals surface area contributed by atoms with Crippen LogP contribution in [0.5, 0.6) is 5.75 Å². The van der Waals surface area contributed by atoms with Gasteiger partial charge in [0.15, 0.2) is 0 Å². The number of fused-ring (bicyclic) bond motifs is 1. The first-order chi connectivity index (χ1) is 10.8. The molecule has 0 bridgehead atoms. The van der Waals surface area contributed by atoms with E-state index >= 15 is 0 Å². The number of pyridine rings is 1. The van der Waals surface area contributed by atoms with Gasteiger partial charge in [-0.15, -0.1) is 0 Å². The molecule has 0 saturated heterocycles. The quantitative estimate of drug-likeness (QED) is 0.726. The van der Waals surface area contributed by atoms with Gasteiger partial charge in [-0.1, -0.05) is 13.0 Å². The van der Waals surface area contributed by atoms with Gasteiger partial charge < -0.3 is 4.74 Å². The highest BCUT2D eigenvalue weighted by Gasteiger charge is 2.37. The van der Waals surface area contributed by atoms with Gasteiger partial charge in [-0.25, -0.2) is 0 Å². The zero-order chi connectivity index (χ0) is 16.6. The highest BCUT2D eigenvalue weighted by molar-refractivity contribution is 5.85. The lowest BCUT2D eigenvalue weighted by Gasteiger charge is -2.28. The summed E-state index contributed by atoms with van der Waals surface area (Å²) in [5.74, 6) is 0.552. The molecule has 5 heteroatoms. The van der Waals surface area contributed by atoms with Crippen LogP contribution in [0.2, 0.25) is 0 Å². The van der Waals surface area contributed by atoms with E-state index < -0.39 is 11.7 Å². The van der Waals surface area contributed by atoms with Crippen LogP contribution in [0.1, 0.15) is 43.9 Å². The lowest BCUT2D eigenvalue weighted by molar-refractivity contribution is -0.138. The minimum atomic E-state index is -4.46. The molecule has 0 spiro atoms. The Bertz CT molecular complexity index is 703. The van der Waals surface area contributed by atoms with Gasteiger partial charge in [0, 0.05) is 11.1 Å². The van der Waals surface area contributed by atoms with Crippen LogP contribution in [-0.2, 0) is 6.18 Å². The predicted molar refractivity (Wildman–Crippen MR) is 83.5 cm³/mol. The summed E-state index contributed by atoms with van der Waals surface area (Å²) in [7, 11) is 0. The van der Waals surface area contributed by atoms with Crippen LogP contribution in [0, 0.1) is 12.8 Å². The van der Waals surface area contributed by atoms with E-state index in [1.807, 2.05) is 0 Å². The molecule has 23 heavy (non-hydrogen) atoms. The zero-order valence-electron chi connectivity index (χ0n) is 13.3. The van der Waals surface area contributed by atoms with Crippen molar-refractivity contribution in [3.8, 4) is 5.75 Å². The van der Waals surface area contributed by atoms with Crippen LogP contribution < -0.4 is 4.74 Å². The number of aryl methyl sites for hydroxylation is 1. The third-order valence-electron chi connectivity index (χ3n) is 4.51. The highest BCUT2D eigenvalue weighted by atomic mass is 19.4. The molecule has 1 aliphatic carbocycles. The molecule has 0 atom stereocenters. The first-order valence-corrected chi connectivity index (χ1v) is 7.99. The second-order valence-electron chi connectivity index (χ2n) is 6.46. The van der Waals surface area contributed by atoms with Gasteiger partial charge >= 0.3 is 6.18 Å². The fraction of sp³-hybridized carbons (Fsp3) is 0.500. The van der Waals surface area contributed by atoms with E-state index in [2.05, 4.69) is 11.9 Å². The van der Waals surface area contributed by atoms with E-state index in [0.717, 1.165) is 25.7 Å². The van der Waals surface area contributed by atoms with Crippen molar-refractivity contribution in [2.45, 2.75) is 51.8 Å². The van der Waals surface area contributed by atoms with Crippen molar-refractivity contribution in [1.29, 1.82) is 0 Å². The summed E-state index contributed by atoms with van der Waals surface area (Å²) in [4.78, 5) is 4.19. The monoisotopic (exact) mass is 323 g/mol. The van der Waals surface area contributed by atoms with Gasteiger partial charge in [-0.05, 0) is 56.7 Å². The van der Waals surface area contributed by atoms with Crippen LogP contribution in [0.4, 0.5) is 13.2 Å². The number of benzene rings is 1. The fourth-order valence-electron chi connectivity index (χ4n) is 3.20. The Balaban J connectivity index is 2.01. The molecular formula is C18H20F3NO. The molecule has 1 aromatic heterocycles. The third-order valence-corrected chi connectivity index (χ3v) is 4.51. The SMILES string of the molecule is Cc1ccc2c(C(F)(F)F)c(OC3CCC(C)CC3)ccc2n1. The van der Waals surface area contributed by atoms with Crippen molar-refractivity contribution in [1.82, 2.24) is 4.98 Å². The number of rotatable bonds is 2. The molecule has 0 N–H and O–H groups in total. The number of alkyl halides is 3. The van der Waals surface area contributed by atoms with Gasteiger partial charge in [-0.2, -0.15) is 13.2 Å². The van der Waals surface area contributed by atoms with Crippen LogP contribution in [-0.4, -0.2) is 11.1 Å². The van der Waals surface area contributed by atoms with Gasteiger partial charge in [-0.3, -0.25) is 4.98 Å². The highest BCUT2D eigenvalue weighted by Crippen LogP contribution is 2.42. The molecule has 0 unspecified atom stereocenters. The Kier molecular flexibility index (Phi) is 4.21. The second-order valence-corrected chi connectivity index (χ2v) is 6.46. The summed E-state index contributed by atoms with van der Waals surface area (Å²) in [5.41, 5.74) is 0.337. The predicted octanol–water partition coefficient (Wildman–Crippen LogP) is 5.52. The Labute approximate surface area is 133 Å². The fourth-order valence-corrected chi connectivity index (χ4v) is 3.20. The number of halogens is 3. The molecule has 0 aliphatic heterocycles. The van der Waals surface area contributed by atoms with Gasteiger partial charge in [0.2, 0.25) is 0 Å². The Morgan fingerprint density at radius 1 is 1.04 bits per heavy atom. The first kappa shape index (κ1) is 16.1. The van der Waals surface area contributed by atoms with E-state index in [1.165, 1.54) is 12.1 Å². The van der Waals surface area contributed by atoms with E-state index in [9.17, 15) is 13.2 Å². The molecule has 2 nitrogen and oxygen atoms in total. The van der Waals surface area contributed by atoms with Crippen molar-refractivity contribution < 1.29 is 17.9 Å². The number of aromatic nitrogens is 1. The molecule has 1 saturated carbocycles. The standard InChI is InChI=1S/C18H20F3NO/c1-11-3-6-13(7-4-11)23-16-10-9-15-14(8-5-12(2)22-15)17(16)18(19,20)21/h5,8-11,13H,3-4,6-7H2,1-2H3. The Hall–Kier alpha value is -1.78. The molecule has 3 rings (SSSR count). The van der Waals surface area contributed by atoms with E-state index in [-0.39, 0.29) is 17.2 Å². The summed E-state index contributed by atoms with van der Waals surface area (Å²) in [5, 5.41) is 0.102. The zero-order valence-corrected chi connectivity index (χ0v) is 13.3. The lowest BCUT2D eigenvalue weighted by Crippen LogP contribution is -2.24. The average Bonchev–Trinajstić information content (AvgIpc) is 2.48. The first-order valence-electron chi connectivity index (χ1n) is 7.99. The summed E-state index contributed by atoms with van der Waals surface area (Å²) in [6, 6.07) is 6.11. The Morgan fingerprint density at radius 2 is 1.74 bits per heavy atom. The largest absolute Gasteiger partial charge is 0.490 e. The summed E-state index contributed by atoms with van der Waals surface area (Å²) >= 11 is 0. The van der Waals surface area contributed by atoms with E-state index in [4.69, 9.17) is 4.74 Å². The van der Waals surface area contributed by atoms with Crippen LogP contribution >= 0.6 is 0 Å². The summed E-state index contributed by atoms with van der Waals surface area (Å²) in [6.07, 6.45) is -0.983. The third kappa shape index (κ3) is 3.43. The number of nitrogens with zero attached hydrogens (tertiary/aromatic N) is 1. The van der Waals surface area contributed by atoms with Crippen molar-refractivity contribution in [3.63, 3.8) is 0 Å². The second kappa shape index (κ2) is 6.02. The normalized spacial score (nSPS) is 22.3. The van der Waals surface area contributed by atoms with Crippen LogP contribution in [0.15, 0.2) is 24.3 Å². The van der Waals surface area contributed by atoms with Crippen molar-refractivity contribution in [2.24, 2.45) is 5.92 Å². The van der Waals surface area contributed by atoms with Crippen LogP contribution in [0.25, 0.3) is 10.9 Å². The average molecular weight is 323 g/mol. The Morgan fingerprint density at radius 3 is 2.39 bits per heavy atom. The minimum absolute atomic E-state index is 0.0739. The molecule has 1 aliphatic rings. The molecule has 1 fully saturated rings. The van der Waals surface area contributed by atoms with Crippen molar-refractivity contribution >= 4 is 10.9 Å². The van der Waals surface area contributed by atoms with Gasteiger partial charge in [0.05, 0.1) is 11.6 Å². The molecule has 0 amide bonds. The summed E-state index contributed by atoms with van der Waals surface area (Å²) < 4.78 is 46.5. The molecule has 124 valence electrons. The smallest absolute Gasteiger partial charge is 0.420 e. The lowest BCUT2D eigenvalue weighted by atomic mass is 9.89. The maximum absolute atomic E-state index is 13.6. The topological polar surface area (TPSA) is 22.1 Å². The maximum Gasteiger partial charge on any atom is 0.420 e. The minimum Gasteiger partial charge on any atom is -0.490 e. The van der Waals surface area contributed by atoms with Crippen molar-refractivity contribution in [2.75, 3.05) is 0 Å². The summed E-state index contributed by atoms with van der Waals surface area (Å²) in [6.45, 7) is 3.93. The maximum atomic E-state index is 13.6. The van der Waals surface area contributed by atoms with Gasteiger partial charge in [0.25, 0.3) is 0 Å². The van der Waals surface area contributed by atoms with Gasteiger partial charge in [0.1, 0.15) is 11.3 Å². The number of hydrogen-bond acceptors (Lipinski definition) is 2. The molecule has 1 heterocycles. The molecular weight excluding hydrogens is 303 g/mol. The number of hydrogen-bond donors (Lipinski definition) is 0. The van der Waals surface area contributed by atoms with Crippen molar-refractivity contribution in [3.05, 3.63) is 35.5 Å². The number of ether oxygens (including phenoxy) is 1. The molecule has 2 aromatic rings. The molecule has 1 aromatic carbocycles. The van der Waals surface area contributed by atoms with Crippen LogP contribution in [0.3, 0.4) is 0 Å². The molecule has 0 radical (unpaired) electrons. The van der Waals surface area contributed by atoms with E-state index in [1.54, 1.807) is 19.1 Å². The van der Waals surface area contributed by atoms with E-state index in [0.29, 0.717) is 17.1 Å².